The largest absolute Gasteiger partial charge is 0.309 e. The van der Waals surface area contributed by atoms with Crippen molar-refractivity contribution in [3.05, 3.63) is 63.5 Å². The Morgan fingerprint density at radius 3 is 2.52 bits per heavy atom. The number of hydrogen-bond acceptors (Lipinski definition) is 3. The van der Waals surface area contributed by atoms with Gasteiger partial charge >= 0.3 is 0 Å². The maximum atomic E-state index is 3.98. The van der Waals surface area contributed by atoms with Crippen LogP contribution in [0.5, 0.6) is 0 Å². The molecule has 0 aliphatic heterocycles. The van der Waals surface area contributed by atoms with E-state index in [4.69, 9.17) is 0 Å². The normalized spacial score (nSPS) is 11.0. The lowest BCUT2D eigenvalue weighted by Crippen LogP contribution is -2.12. The molecule has 0 amide bonds. The highest BCUT2D eigenvalue weighted by Crippen LogP contribution is 2.20. The molecule has 3 nitrogen and oxygen atoms in total. The van der Waals surface area contributed by atoms with Crippen LogP contribution in [-0.2, 0) is 13.1 Å². The van der Waals surface area contributed by atoms with E-state index in [0.717, 1.165) is 18.8 Å². The standard InChI is InChI=1S/C17H19N3S/c1-12-9-16(13(2)21-12)11-18-10-14-3-5-15(6-4-14)17-7-8-19-20-17/h3-9,18H,10-11H2,1-2H3,(H,19,20). The van der Waals surface area contributed by atoms with Crippen molar-refractivity contribution in [2.45, 2.75) is 26.9 Å². The number of rotatable bonds is 5. The van der Waals surface area contributed by atoms with Crippen LogP contribution in [0.3, 0.4) is 0 Å². The highest BCUT2D eigenvalue weighted by molar-refractivity contribution is 7.12. The first-order valence-corrected chi connectivity index (χ1v) is 7.89. The van der Waals surface area contributed by atoms with Gasteiger partial charge in [0.05, 0.1) is 5.69 Å². The third kappa shape index (κ3) is 3.40. The molecule has 0 bridgehead atoms. The number of nitrogens with zero attached hydrogens (tertiary/aromatic N) is 1. The van der Waals surface area contributed by atoms with Crippen LogP contribution in [-0.4, -0.2) is 10.2 Å². The number of H-pyrrole nitrogens is 1. The lowest BCUT2D eigenvalue weighted by atomic mass is 10.1. The lowest BCUT2D eigenvalue weighted by Gasteiger charge is -2.06. The van der Waals surface area contributed by atoms with Gasteiger partial charge in [-0.1, -0.05) is 24.3 Å². The third-order valence-corrected chi connectivity index (χ3v) is 4.56. The molecule has 2 N–H and O–H groups in total. The zero-order valence-corrected chi connectivity index (χ0v) is 13.1. The second kappa shape index (κ2) is 6.24. The van der Waals surface area contributed by atoms with Crippen LogP contribution >= 0.6 is 11.3 Å². The van der Waals surface area contributed by atoms with Crippen LogP contribution in [0.4, 0.5) is 0 Å². The first kappa shape index (κ1) is 14.0. The molecule has 2 aromatic heterocycles. The first-order chi connectivity index (χ1) is 10.2. The van der Waals surface area contributed by atoms with E-state index in [1.54, 1.807) is 6.20 Å². The molecule has 0 aliphatic carbocycles. The van der Waals surface area contributed by atoms with Crippen molar-refractivity contribution in [1.29, 1.82) is 0 Å². The monoisotopic (exact) mass is 297 g/mol. The maximum Gasteiger partial charge on any atom is 0.0650 e. The summed E-state index contributed by atoms with van der Waals surface area (Å²) in [4.78, 5) is 2.79. The molecule has 2 heterocycles. The molecule has 0 saturated heterocycles. The Morgan fingerprint density at radius 1 is 1.10 bits per heavy atom. The van der Waals surface area contributed by atoms with E-state index in [2.05, 4.69) is 59.7 Å². The molecular formula is C17H19N3S. The number of thiophene rings is 1. The molecule has 0 radical (unpaired) electrons. The fraction of sp³-hybridized carbons (Fsp3) is 0.235. The minimum absolute atomic E-state index is 0.886. The predicted molar refractivity (Wildman–Crippen MR) is 88.4 cm³/mol. The van der Waals surface area contributed by atoms with Gasteiger partial charge in [-0.05, 0) is 42.7 Å². The van der Waals surface area contributed by atoms with Crippen LogP contribution in [0.2, 0.25) is 0 Å². The number of nitrogens with one attached hydrogen (secondary N) is 2. The minimum Gasteiger partial charge on any atom is -0.309 e. The van der Waals surface area contributed by atoms with Crippen LogP contribution in [0.15, 0.2) is 42.6 Å². The quantitative estimate of drug-likeness (QED) is 0.746. The van der Waals surface area contributed by atoms with Crippen LogP contribution in [0, 0.1) is 13.8 Å². The molecule has 108 valence electrons. The summed E-state index contributed by atoms with van der Waals surface area (Å²) >= 11 is 1.87. The van der Waals surface area contributed by atoms with Gasteiger partial charge in [-0.2, -0.15) is 5.10 Å². The van der Waals surface area contributed by atoms with Crippen molar-refractivity contribution in [3.63, 3.8) is 0 Å². The van der Waals surface area contributed by atoms with Crippen molar-refractivity contribution in [3.8, 4) is 11.3 Å². The van der Waals surface area contributed by atoms with Crippen molar-refractivity contribution in [1.82, 2.24) is 15.5 Å². The zero-order chi connectivity index (χ0) is 14.7. The molecule has 0 aliphatic rings. The predicted octanol–water partition coefficient (Wildman–Crippen LogP) is 4.04. The summed E-state index contributed by atoms with van der Waals surface area (Å²) in [6.07, 6.45) is 1.77. The topological polar surface area (TPSA) is 40.7 Å². The summed E-state index contributed by atoms with van der Waals surface area (Å²) < 4.78 is 0. The second-order valence-corrected chi connectivity index (χ2v) is 6.67. The zero-order valence-electron chi connectivity index (χ0n) is 12.3. The van der Waals surface area contributed by atoms with Gasteiger partial charge in [0.25, 0.3) is 0 Å². The number of aromatic amines is 1. The highest BCUT2D eigenvalue weighted by Gasteiger charge is 2.03. The van der Waals surface area contributed by atoms with Gasteiger partial charge in [0, 0.05) is 29.0 Å². The molecule has 21 heavy (non-hydrogen) atoms. The number of hydrogen-bond donors (Lipinski definition) is 2. The Balaban J connectivity index is 1.57. The minimum atomic E-state index is 0.886. The van der Waals surface area contributed by atoms with Crippen molar-refractivity contribution >= 4 is 11.3 Å². The van der Waals surface area contributed by atoms with Crippen LogP contribution in [0.25, 0.3) is 11.3 Å². The van der Waals surface area contributed by atoms with Crippen LogP contribution in [0.1, 0.15) is 20.9 Å². The molecule has 0 fully saturated rings. The summed E-state index contributed by atoms with van der Waals surface area (Å²) in [5.74, 6) is 0. The van der Waals surface area contributed by atoms with Gasteiger partial charge in [-0.3, -0.25) is 5.10 Å². The Bertz CT molecular complexity index is 696. The summed E-state index contributed by atoms with van der Waals surface area (Å²) in [5.41, 5.74) is 4.92. The fourth-order valence-corrected chi connectivity index (χ4v) is 3.37. The molecule has 1 aromatic carbocycles. The average molecular weight is 297 g/mol. The van der Waals surface area contributed by atoms with E-state index in [-0.39, 0.29) is 0 Å². The van der Waals surface area contributed by atoms with Gasteiger partial charge in [0.1, 0.15) is 0 Å². The molecule has 3 aromatic rings. The molecule has 0 saturated carbocycles. The molecule has 0 spiro atoms. The van der Waals surface area contributed by atoms with Crippen molar-refractivity contribution in [2.24, 2.45) is 0 Å². The Labute approximate surface area is 129 Å². The Kier molecular flexibility index (Phi) is 4.18. The van der Waals surface area contributed by atoms with Crippen molar-refractivity contribution < 1.29 is 0 Å². The number of benzene rings is 1. The van der Waals surface area contributed by atoms with E-state index in [1.807, 2.05) is 17.4 Å². The highest BCUT2D eigenvalue weighted by atomic mass is 32.1. The van der Waals surface area contributed by atoms with Gasteiger partial charge in [0.2, 0.25) is 0 Å². The number of aryl methyl sites for hydroxylation is 2. The van der Waals surface area contributed by atoms with E-state index >= 15 is 0 Å². The molecule has 0 atom stereocenters. The fourth-order valence-electron chi connectivity index (χ4n) is 2.42. The van der Waals surface area contributed by atoms with E-state index < -0.39 is 0 Å². The van der Waals surface area contributed by atoms with E-state index in [9.17, 15) is 0 Å². The SMILES string of the molecule is Cc1cc(CNCc2ccc(-c3ccn[nH]3)cc2)c(C)s1. The molecular weight excluding hydrogens is 278 g/mol. The van der Waals surface area contributed by atoms with Gasteiger partial charge in [-0.25, -0.2) is 0 Å². The molecule has 3 rings (SSSR count). The summed E-state index contributed by atoms with van der Waals surface area (Å²) in [7, 11) is 0. The summed E-state index contributed by atoms with van der Waals surface area (Å²) in [5, 5.41) is 10.5. The summed E-state index contributed by atoms with van der Waals surface area (Å²) in [6, 6.07) is 12.8. The smallest absolute Gasteiger partial charge is 0.0650 e. The maximum absolute atomic E-state index is 3.98. The average Bonchev–Trinajstić information content (AvgIpc) is 3.10. The Morgan fingerprint density at radius 2 is 1.90 bits per heavy atom. The third-order valence-electron chi connectivity index (χ3n) is 3.55. The second-order valence-electron chi connectivity index (χ2n) is 5.21. The van der Waals surface area contributed by atoms with Crippen LogP contribution < -0.4 is 5.32 Å². The van der Waals surface area contributed by atoms with Crippen molar-refractivity contribution in [2.75, 3.05) is 0 Å². The molecule has 4 heteroatoms. The number of aromatic nitrogens is 2. The van der Waals surface area contributed by atoms with E-state index in [1.165, 1.54) is 26.4 Å². The van der Waals surface area contributed by atoms with Gasteiger partial charge in [-0.15, -0.1) is 11.3 Å². The van der Waals surface area contributed by atoms with Gasteiger partial charge in [0.15, 0.2) is 0 Å². The Hall–Kier alpha value is -1.91. The lowest BCUT2D eigenvalue weighted by molar-refractivity contribution is 0.692. The van der Waals surface area contributed by atoms with E-state index in [0.29, 0.717) is 0 Å². The van der Waals surface area contributed by atoms with Gasteiger partial charge < -0.3 is 5.32 Å². The first-order valence-electron chi connectivity index (χ1n) is 7.07. The summed E-state index contributed by atoms with van der Waals surface area (Å²) in [6.45, 7) is 6.17. The molecule has 0 unspecified atom stereocenters.